The van der Waals surface area contributed by atoms with Crippen LogP contribution in [0, 0.1) is 0 Å². The number of para-hydroxylation sites is 2. The lowest BCUT2D eigenvalue weighted by Crippen LogP contribution is -1.87. The maximum absolute atomic E-state index is 4.60. The Hall–Kier alpha value is -2.46. The Morgan fingerprint density at radius 2 is 1.65 bits per heavy atom. The molecule has 20 heavy (non-hydrogen) atoms. The maximum Gasteiger partial charge on any atom is 0.188 e. The number of rotatable bonds is 2. The molecule has 0 bridgehead atoms. The van der Waals surface area contributed by atoms with Crippen LogP contribution in [0.4, 0.5) is 10.8 Å². The summed E-state index contributed by atoms with van der Waals surface area (Å²) in [6, 6.07) is 18.2. The SMILES string of the molecule is c1ccc(Nc2nc3cnc4ccccc4c3s2)cc1. The molecule has 0 saturated carbocycles. The summed E-state index contributed by atoms with van der Waals surface area (Å²) in [4.78, 5) is 9.05. The molecule has 4 heteroatoms. The van der Waals surface area contributed by atoms with E-state index < -0.39 is 0 Å². The number of pyridine rings is 1. The molecular formula is C16H11N3S. The van der Waals surface area contributed by atoms with Gasteiger partial charge in [-0.05, 0) is 18.2 Å². The van der Waals surface area contributed by atoms with Gasteiger partial charge in [-0.1, -0.05) is 47.7 Å². The smallest absolute Gasteiger partial charge is 0.188 e. The lowest BCUT2D eigenvalue weighted by molar-refractivity contribution is 1.39. The van der Waals surface area contributed by atoms with Crippen LogP contribution in [0.2, 0.25) is 0 Å². The molecule has 0 aliphatic carbocycles. The van der Waals surface area contributed by atoms with E-state index in [4.69, 9.17) is 0 Å². The molecule has 2 aromatic heterocycles. The average molecular weight is 277 g/mol. The molecule has 0 atom stereocenters. The Morgan fingerprint density at radius 3 is 2.55 bits per heavy atom. The maximum atomic E-state index is 4.60. The van der Waals surface area contributed by atoms with Crippen molar-refractivity contribution in [3.8, 4) is 0 Å². The number of anilines is 2. The van der Waals surface area contributed by atoms with E-state index >= 15 is 0 Å². The number of fused-ring (bicyclic) bond motifs is 3. The second kappa shape index (κ2) is 4.58. The number of nitrogens with zero attached hydrogens (tertiary/aromatic N) is 2. The van der Waals surface area contributed by atoms with E-state index in [1.165, 1.54) is 4.70 Å². The molecule has 2 heterocycles. The molecular weight excluding hydrogens is 266 g/mol. The molecule has 0 unspecified atom stereocenters. The van der Waals surface area contributed by atoms with Crippen LogP contribution >= 0.6 is 11.3 Å². The van der Waals surface area contributed by atoms with Gasteiger partial charge in [0.25, 0.3) is 0 Å². The fourth-order valence-corrected chi connectivity index (χ4v) is 3.21. The summed E-state index contributed by atoms with van der Waals surface area (Å²) in [5.74, 6) is 0. The third-order valence-electron chi connectivity index (χ3n) is 3.15. The van der Waals surface area contributed by atoms with Gasteiger partial charge < -0.3 is 5.32 Å². The molecule has 96 valence electrons. The van der Waals surface area contributed by atoms with Gasteiger partial charge in [-0.15, -0.1) is 0 Å². The largest absolute Gasteiger partial charge is 0.332 e. The van der Waals surface area contributed by atoms with E-state index in [9.17, 15) is 0 Å². The minimum atomic E-state index is 0.893. The lowest BCUT2D eigenvalue weighted by Gasteiger charge is -1.99. The van der Waals surface area contributed by atoms with Gasteiger partial charge in [-0.25, -0.2) is 4.98 Å². The number of benzene rings is 2. The second-order valence-corrected chi connectivity index (χ2v) is 5.50. The van der Waals surface area contributed by atoms with Crippen LogP contribution in [0.3, 0.4) is 0 Å². The van der Waals surface area contributed by atoms with Gasteiger partial charge in [-0.3, -0.25) is 4.98 Å². The first-order chi connectivity index (χ1) is 9.90. The molecule has 0 spiro atoms. The van der Waals surface area contributed by atoms with Crippen LogP contribution in [0.25, 0.3) is 21.1 Å². The van der Waals surface area contributed by atoms with Crippen molar-refractivity contribution < 1.29 is 0 Å². The van der Waals surface area contributed by atoms with Crippen molar-refractivity contribution in [3.63, 3.8) is 0 Å². The summed E-state index contributed by atoms with van der Waals surface area (Å²) >= 11 is 1.66. The van der Waals surface area contributed by atoms with Gasteiger partial charge >= 0.3 is 0 Å². The molecule has 0 aliphatic rings. The standard InChI is InChI=1S/C16H11N3S/c1-2-6-11(7-3-1)18-16-19-14-10-17-13-9-5-4-8-12(13)15(14)20-16/h1-10H,(H,18,19). The molecule has 0 amide bonds. The number of aromatic nitrogens is 2. The van der Waals surface area contributed by atoms with Crippen molar-refractivity contribution in [1.82, 2.24) is 9.97 Å². The number of hydrogen-bond acceptors (Lipinski definition) is 4. The molecule has 1 N–H and O–H groups in total. The predicted octanol–water partition coefficient (Wildman–Crippen LogP) is 4.59. The van der Waals surface area contributed by atoms with Gasteiger partial charge in [0.05, 0.1) is 16.4 Å². The van der Waals surface area contributed by atoms with Crippen molar-refractivity contribution in [2.45, 2.75) is 0 Å². The number of nitrogens with one attached hydrogen (secondary N) is 1. The van der Waals surface area contributed by atoms with Gasteiger partial charge in [0, 0.05) is 11.1 Å². The first-order valence-electron chi connectivity index (χ1n) is 6.36. The molecule has 2 aromatic carbocycles. The van der Waals surface area contributed by atoms with E-state index in [1.54, 1.807) is 11.3 Å². The molecule has 3 nitrogen and oxygen atoms in total. The summed E-state index contributed by atoms with van der Waals surface area (Å²) < 4.78 is 1.18. The van der Waals surface area contributed by atoms with Gasteiger partial charge in [0.2, 0.25) is 0 Å². The van der Waals surface area contributed by atoms with E-state index in [2.05, 4.69) is 21.4 Å². The van der Waals surface area contributed by atoms with Crippen LogP contribution in [-0.4, -0.2) is 9.97 Å². The Balaban J connectivity index is 1.84. The van der Waals surface area contributed by atoms with Crippen LogP contribution in [0.15, 0.2) is 60.8 Å². The lowest BCUT2D eigenvalue weighted by atomic mass is 10.2. The highest BCUT2D eigenvalue weighted by Crippen LogP contribution is 2.32. The summed E-state index contributed by atoms with van der Waals surface area (Å²) in [5, 5.41) is 5.39. The van der Waals surface area contributed by atoms with Gasteiger partial charge in [-0.2, -0.15) is 0 Å². The van der Waals surface area contributed by atoms with Crippen LogP contribution in [0.1, 0.15) is 0 Å². The highest BCUT2D eigenvalue weighted by Gasteiger charge is 2.08. The quantitative estimate of drug-likeness (QED) is 0.582. The monoisotopic (exact) mass is 277 g/mol. The summed E-state index contributed by atoms with van der Waals surface area (Å²) in [6.07, 6.45) is 1.84. The predicted molar refractivity (Wildman–Crippen MR) is 84.6 cm³/mol. The van der Waals surface area contributed by atoms with Crippen LogP contribution in [0.5, 0.6) is 0 Å². The van der Waals surface area contributed by atoms with E-state index in [1.807, 2.05) is 54.7 Å². The van der Waals surface area contributed by atoms with Crippen molar-refractivity contribution in [3.05, 3.63) is 60.8 Å². The Kier molecular flexibility index (Phi) is 2.60. The third-order valence-corrected chi connectivity index (χ3v) is 4.17. The minimum Gasteiger partial charge on any atom is -0.332 e. The molecule has 4 aromatic rings. The van der Waals surface area contributed by atoms with E-state index in [-0.39, 0.29) is 0 Å². The Labute approximate surface area is 119 Å². The zero-order valence-corrected chi connectivity index (χ0v) is 11.4. The van der Waals surface area contributed by atoms with Gasteiger partial charge in [0.1, 0.15) is 5.52 Å². The Bertz CT molecular complexity index is 884. The highest BCUT2D eigenvalue weighted by atomic mass is 32.1. The molecule has 0 radical (unpaired) electrons. The topological polar surface area (TPSA) is 37.8 Å². The van der Waals surface area contributed by atoms with Crippen molar-refractivity contribution >= 4 is 43.3 Å². The van der Waals surface area contributed by atoms with E-state index in [0.29, 0.717) is 0 Å². The van der Waals surface area contributed by atoms with Crippen molar-refractivity contribution in [2.75, 3.05) is 5.32 Å². The zero-order valence-electron chi connectivity index (χ0n) is 10.6. The molecule has 0 aliphatic heterocycles. The first-order valence-corrected chi connectivity index (χ1v) is 7.18. The van der Waals surface area contributed by atoms with E-state index in [0.717, 1.165) is 27.2 Å². The summed E-state index contributed by atoms with van der Waals surface area (Å²) in [7, 11) is 0. The normalized spacial score (nSPS) is 11.0. The van der Waals surface area contributed by atoms with Crippen molar-refractivity contribution in [1.29, 1.82) is 0 Å². The zero-order chi connectivity index (χ0) is 13.4. The third kappa shape index (κ3) is 1.90. The molecule has 4 rings (SSSR count). The van der Waals surface area contributed by atoms with Crippen LogP contribution in [-0.2, 0) is 0 Å². The first kappa shape index (κ1) is 11.4. The molecule has 0 fully saturated rings. The van der Waals surface area contributed by atoms with Crippen molar-refractivity contribution in [2.24, 2.45) is 0 Å². The van der Waals surface area contributed by atoms with Crippen LogP contribution < -0.4 is 5.32 Å². The fourth-order valence-electron chi connectivity index (χ4n) is 2.22. The van der Waals surface area contributed by atoms with Gasteiger partial charge in [0.15, 0.2) is 5.13 Å². The molecule has 0 saturated heterocycles. The second-order valence-electron chi connectivity index (χ2n) is 4.50. The summed E-state index contributed by atoms with van der Waals surface area (Å²) in [5.41, 5.74) is 2.99. The highest BCUT2D eigenvalue weighted by molar-refractivity contribution is 7.23. The average Bonchev–Trinajstić information content (AvgIpc) is 2.91. The Morgan fingerprint density at radius 1 is 0.850 bits per heavy atom. The number of thiazole rings is 1. The minimum absolute atomic E-state index is 0.893. The fraction of sp³-hybridized carbons (Fsp3) is 0. The number of hydrogen-bond donors (Lipinski definition) is 1. The summed E-state index contributed by atoms with van der Waals surface area (Å²) in [6.45, 7) is 0.